The second kappa shape index (κ2) is 4.38. The Morgan fingerprint density at radius 1 is 1.67 bits per heavy atom. The zero-order valence-corrected chi connectivity index (χ0v) is 7.97. The first-order chi connectivity index (χ1) is 5.77. The largest absolute Gasteiger partial charge is 0.312 e. The topological polar surface area (TPSA) is 37.8 Å². The lowest BCUT2D eigenvalue weighted by atomic mass is 10.1. The molecule has 3 nitrogen and oxygen atoms in total. The van der Waals surface area contributed by atoms with Gasteiger partial charge in [-0.25, -0.2) is 9.97 Å². The summed E-state index contributed by atoms with van der Waals surface area (Å²) in [5.74, 6) is 0. The maximum Gasteiger partial charge on any atom is 0.222 e. The third kappa shape index (κ3) is 2.16. The minimum absolute atomic E-state index is 0.269. The average molecular weight is 186 g/mol. The number of nitrogens with one attached hydrogen (secondary N) is 1. The van der Waals surface area contributed by atoms with Gasteiger partial charge in [-0.1, -0.05) is 6.92 Å². The van der Waals surface area contributed by atoms with Gasteiger partial charge >= 0.3 is 0 Å². The summed E-state index contributed by atoms with van der Waals surface area (Å²) >= 11 is 5.65. The fraction of sp³-hybridized carbons (Fsp3) is 0.500. The van der Waals surface area contributed by atoms with Crippen LogP contribution in [0.3, 0.4) is 0 Å². The van der Waals surface area contributed by atoms with Gasteiger partial charge in [0.25, 0.3) is 0 Å². The van der Waals surface area contributed by atoms with Gasteiger partial charge in [-0.05, 0) is 31.1 Å². The molecule has 1 rings (SSSR count). The predicted octanol–water partition coefficient (Wildman–Crippen LogP) is 1.80. The molecule has 0 saturated heterocycles. The standard InChI is InChI=1S/C8H12ClN3/c1-3-6(10-2)7-4-5-11-8(9)12-7/h4-6,10H,3H2,1-2H3. The van der Waals surface area contributed by atoms with Crippen LogP contribution in [0.2, 0.25) is 5.28 Å². The summed E-state index contributed by atoms with van der Waals surface area (Å²) < 4.78 is 0. The molecule has 0 aliphatic rings. The Morgan fingerprint density at radius 2 is 2.42 bits per heavy atom. The highest BCUT2D eigenvalue weighted by atomic mass is 35.5. The van der Waals surface area contributed by atoms with Crippen molar-refractivity contribution in [2.24, 2.45) is 0 Å². The molecular weight excluding hydrogens is 174 g/mol. The number of aromatic nitrogens is 2. The highest BCUT2D eigenvalue weighted by Gasteiger charge is 2.07. The maximum atomic E-state index is 5.65. The number of hydrogen-bond donors (Lipinski definition) is 1. The maximum absolute atomic E-state index is 5.65. The van der Waals surface area contributed by atoms with E-state index in [4.69, 9.17) is 11.6 Å². The normalized spacial score (nSPS) is 12.9. The van der Waals surface area contributed by atoms with Gasteiger partial charge in [0.1, 0.15) is 0 Å². The van der Waals surface area contributed by atoms with E-state index in [1.54, 1.807) is 6.20 Å². The van der Waals surface area contributed by atoms with Gasteiger partial charge in [-0.15, -0.1) is 0 Å². The van der Waals surface area contributed by atoms with E-state index < -0.39 is 0 Å². The van der Waals surface area contributed by atoms with E-state index in [1.165, 1.54) is 0 Å². The van der Waals surface area contributed by atoms with Gasteiger partial charge in [0.2, 0.25) is 5.28 Å². The lowest BCUT2D eigenvalue weighted by Gasteiger charge is -2.12. The summed E-state index contributed by atoms with van der Waals surface area (Å²) in [5, 5.41) is 3.45. The smallest absolute Gasteiger partial charge is 0.222 e. The molecule has 0 amide bonds. The summed E-state index contributed by atoms with van der Waals surface area (Å²) in [6.45, 7) is 2.09. The highest BCUT2D eigenvalue weighted by Crippen LogP contribution is 2.13. The van der Waals surface area contributed by atoms with Crippen molar-refractivity contribution >= 4 is 11.6 Å². The van der Waals surface area contributed by atoms with Crippen molar-refractivity contribution in [2.45, 2.75) is 19.4 Å². The molecule has 12 heavy (non-hydrogen) atoms. The van der Waals surface area contributed by atoms with E-state index in [2.05, 4.69) is 22.2 Å². The molecule has 1 heterocycles. The molecule has 1 aromatic rings. The third-order valence-electron chi connectivity index (χ3n) is 1.76. The highest BCUT2D eigenvalue weighted by molar-refractivity contribution is 6.28. The Hall–Kier alpha value is -0.670. The first-order valence-electron chi connectivity index (χ1n) is 3.93. The zero-order valence-electron chi connectivity index (χ0n) is 7.21. The van der Waals surface area contributed by atoms with Crippen LogP contribution in [0.1, 0.15) is 25.1 Å². The molecular formula is C8H12ClN3. The summed E-state index contributed by atoms with van der Waals surface area (Å²) in [7, 11) is 1.91. The predicted molar refractivity (Wildman–Crippen MR) is 49.1 cm³/mol. The monoisotopic (exact) mass is 185 g/mol. The molecule has 4 heteroatoms. The summed E-state index contributed by atoms with van der Waals surface area (Å²) in [6, 6.07) is 2.14. The molecule has 0 aliphatic heterocycles. The van der Waals surface area contributed by atoms with Crippen molar-refractivity contribution in [3.8, 4) is 0 Å². The van der Waals surface area contributed by atoms with Gasteiger partial charge in [0, 0.05) is 12.2 Å². The Morgan fingerprint density at radius 3 is 2.92 bits per heavy atom. The van der Waals surface area contributed by atoms with Crippen molar-refractivity contribution in [1.82, 2.24) is 15.3 Å². The third-order valence-corrected chi connectivity index (χ3v) is 1.94. The van der Waals surface area contributed by atoms with Crippen LogP contribution in [0, 0.1) is 0 Å². The molecule has 0 fully saturated rings. The van der Waals surface area contributed by atoms with Crippen molar-refractivity contribution in [3.63, 3.8) is 0 Å². The lowest BCUT2D eigenvalue weighted by molar-refractivity contribution is 0.560. The van der Waals surface area contributed by atoms with Crippen LogP contribution in [-0.4, -0.2) is 17.0 Å². The van der Waals surface area contributed by atoms with Crippen LogP contribution in [0.5, 0.6) is 0 Å². The van der Waals surface area contributed by atoms with Crippen LogP contribution in [0.25, 0.3) is 0 Å². The molecule has 0 aliphatic carbocycles. The van der Waals surface area contributed by atoms with Gasteiger partial charge in [-0.2, -0.15) is 0 Å². The molecule has 0 radical (unpaired) electrons. The van der Waals surface area contributed by atoms with Crippen molar-refractivity contribution in [1.29, 1.82) is 0 Å². The van der Waals surface area contributed by atoms with Gasteiger partial charge < -0.3 is 5.32 Å². The van der Waals surface area contributed by atoms with E-state index in [0.29, 0.717) is 5.28 Å². The Kier molecular flexibility index (Phi) is 3.44. The molecule has 1 N–H and O–H groups in total. The van der Waals surface area contributed by atoms with Crippen LogP contribution in [0.15, 0.2) is 12.3 Å². The molecule has 1 aromatic heterocycles. The van der Waals surface area contributed by atoms with E-state index >= 15 is 0 Å². The van der Waals surface area contributed by atoms with E-state index in [0.717, 1.165) is 12.1 Å². The minimum Gasteiger partial charge on any atom is -0.312 e. The van der Waals surface area contributed by atoms with Crippen molar-refractivity contribution in [3.05, 3.63) is 23.2 Å². The molecule has 0 saturated carbocycles. The molecule has 1 unspecified atom stereocenters. The summed E-state index contributed by atoms with van der Waals surface area (Å²) in [4.78, 5) is 7.92. The molecule has 0 aromatic carbocycles. The molecule has 0 bridgehead atoms. The van der Waals surface area contributed by atoms with E-state index in [9.17, 15) is 0 Å². The fourth-order valence-corrected chi connectivity index (χ4v) is 1.26. The fourth-order valence-electron chi connectivity index (χ4n) is 1.10. The van der Waals surface area contributed by atoms with Crippen LogP contribution in [-0.2, 0) is 0 Å². The number of nitrogens with zero attached hydrogens (tertiary/aromatic N) is 2. The number of hydrogen-bond acceptors (Lipinski definition) is 3. The second-order valence-corrected chi connectivity index (χ2v) is 2.84. The Balaban J connectivity index is 2.85. The Bertz CT molecular complexity index is 248. The minimum atomic E-state index is 0.269. The quantitative estimate of drug-likeness (QED) is 0.730. The second-order valence-electron chi connectivity index (χ2n) is 2.50. The van der Waals surface area contributed by atoms with Gasteiger partial charge in [0.15, 0.2) is 0 Å². The van der Waals surface area contributed by atoms with Gasteiger partial charge in [-0.3, -0.25) is 0 Å². The van der Waals surface area contributed by atoms with Crippen LogP contribution in [0.4, 0.5) is 0 Å². The first kappa shape index (κ1) is 9.42. The summed E-state index contributed by atoms with van der Waals surface area (Å²) in [5.41, 5.74) is 0.944. The van der Waals surface area contributed by atoms with Crippen molar-refractivity contribution in [2.75, 3.05) is 7.05 Å². The van der Waals surface area contributed by atoms with Crippen molar-refractivity contribution < 1.29 is 0 Å². The summed E-state index contributed by atoms with van der Waals surface area (Å²) in [6.07, 6.45) is 2.66. The molecule has 66 valence electrons. The SMILES string of the molecule is CCC(NC)c1ccnc(Cl)n1. The van der Waals surface area contributed by atoms with E-state index in [-0.39, 0.29) is 6.04 Å². The molecule has 1 atom stereocenters. The van der Waals surface area contributed by atoms with Gasteiger partial charge in [0.05, 0.1) is 5.69 Å². The molecule has 0 spiro atoms. The first-order valence-corrected chi connectivity index (χ1v) is 4.31. The lowest BCUT2D eigenvalue weighted by Crippen LogP contribution is -2.16. The van der Waals surface area contributed by atoms with E-state index in [1.807, 2.05) is 13.1 Å². The van der Waals surface area contributed by atoms with Crippen LogP contribution >= 0.6 is 11.6 Å². The van der Waals surface area contributed by atoms with Crippen LogP contribution < -0.4 is 5.32 Å². The number of halogens is 1. The number of rotatable bonds is 3. The Labute approximate surface area is 77.2 Å². The average Bonchev–Trinajstić information content (AvgIpc) is 2.07. The zero-order chi connectivity index (χ0) is 8.97.